The lowest BCUT2D eigenvalue weighted by atomic mass is 10.2. The van der Waals surface area contributed by atoms with E-state index in [4.69, 9.17) is 9.47 Å². The van der Waals surface area contributed by atoms with Gasteiger partial charge in [0.2, 0.25) is 6.79 Å². The van der Waals surface area contributed by atoms with E-state index in [2.05, 4.69) is 20.7 Å². The highest BCUT2D eigenvalue weighted by Gasteiger charge is 2.12. The number of amides is 1. The summed E-state index contributed by atoms with van der Waals surface area (Å²) in [4.78, 5) is 11.5. The standard InChI is InChI=1S/C12H10N4O3/c17-12(9-3-4-13-15-9)16-14-6-8-1-2-10-11(5-8)19-7-18-10/h1-6H,7H2,(H,13,15)(H,16,17)/b14-6-. The third-order valence-electron chi connectivity index (χ3n) is 2.52. The predicted molar refractivity (Wildman–Crippen MR) is 66.2 cm³/mol. The van der Waals surface area contributed by atoms with E-state index in [9.17, 15) is 4.79 Å². The van der Waals surface area contributed by atoms with E-state index < -0.39 is 0 Å². The molecule has 0 unspecified atom stereocenters. The molecule has 1 aliphatic heterocycles. The highest BCUT2D eigenvalue weighted by Crippen LogP contribution is 2.31. The van der Waals surface area contributed by atoms with Gasteiger partial charge in [0.25, 0.3) is 5.91 Å². The fourth-order valence-electron chi connectivity index (χ4n) is 1.60. The minimum absolute atomic E-state index is 0.229. The van der Waals surface area contributed by atoms with Gasteiger partial charge in [-0.3, -0.25) is 9.89 Å². The van der Waals surface area contributed by atoms with Crippen molar-refractivity contribution in [2.24, 2.45) is 5.10 Å². The molecule has 2 heterocycles. The lowest BCUT2D eigenvalue weighted by molar-refractivity contribution is 0.0950. The maximum Gasteiger partial charge on any atom is 0.289 e. The van der Waals surface area contributed by atoms with Crippen molar-refractivity contribution in [1.29, 1.82) is 0 Å². The molecular weight excluding hydrogens is 248 g/mol. The Bertz CT molecular complexity index is 622. The van der Waals surface area contributed by atoms with Crippen LogP contribution >= 0.6 is 0 Å². The summed E-state index contributed by atoms with van der Waals surface area (Å²) in [7, 11) is 0. The smallest absolute Gasteiger partial charge is 0.289 e. The number of rotatable bonds is 3. The Morgan fingerprint density at radius 3 is 3.11 bits per heavy atom. The molecule has 19 heavy (non-hydrogen) atoms. The summed E-state index contributed by atoms with van der Waals surface area (Å²) >= 11 is 0. The second-order valence-electron chi connectivity index (χ2n) is 3.78. The van der Waals surface area contributed by atoms with Crippen LogP contribution in [0.25, 0.3) is 0 Å². The number of nitrogens with zero attached hydrogens (tertiary/aromatic N) is 2. The van der Waals surface area contributed by atoms with Crippen LogP contribution in [-0.2, 0) is 0 Å². The molecule has 0 spiro atoms. The molecule has 1 aliphatic rings. The normalized spacial score (nSPS) is 12.8. The van der Waals surface area contributed by atoms with Gasteiger partial charge in [-0.2, -0.15) is 10.2 Å². The Balaban J connectivity index is 1.65. The molecule has 0 atom stereocenters. The third kappa shape index (κ3) is 2.39. The number of benzene rings is 1. The summed E-state index contributed by atoms with van der Waals surface area (Å²) in [5.41, 5.74) is 3.54. The Morgan fingerprint density at radius 2 is 2.26 bits per heavy atom. The van der Waals surface area contributed by atoms with Crippen molar-refractivity contribution in [3.63, 3.8) is 0 Å². The zero-order valence-corrected chi connectivity index (χ0v) is 9.79. The summed E-state index contributed by atoms with van der Waals surface area (Å²) in [6.07, 6.45) is 3.02. The second-order valence-corrected chi connectivity index (χ2v) is 3.78. The Hall–Kier alpha value is -2.83. The molecule has 1 aromatic carbocycles. The number of fused-ring (bicyclic) bond motifs is 1. The quantitative estimate of drug-likeness (QED) is 0.632. The molecular formula is C12H10N4O3. The molecule has 7 nitrogen and oxygen atoms in total. The average Bonchev–Trinajstić information content (AvgIpc) is 3.09. The molecule has 3 rings (SSSR count). The molecule has 96 valence electrons. The molecule has 2 N–H and O–H groups in total. The number of nitrogens with one attached hydrogen (secondary N) is 2. The van der Waals surface area contributed by atoms with Gasteiger partial charge in [0, 0.05) is 6.20 Å². The first-order valence-electron chi connectivity index (χ1n) is 5.55. The number of carbonyl (C=O) groups excluding carboxylic acids is 1. The first kappa shape index (κ1) is 11.3. The molecule has 2 aromatic rings. The molecule has 0 fully saturated rings. The molecule has 0 saturated heterocycles. The molecule has 7 heteroatoms. The summed E-state index contributed by atoms with van der Waals surface area (Å²) in [5, 5.41) is 10.1. The van der Waals surface area contributed by atoms with E-state index in [1.54, 1.807) is 18.2 Å². The van der Waals surface area contributed by atoms with Gasteiger partial charge in [-0.25, -0.2) is 5.43 Å². The van der Waals surface area contributed by atoms with Crippen LogP contribution in [0.2, 0.25) is 0 Å². The number of aromatic nitrogens is 2. The van der Waals surface area contributed by atoms with Crippen molar-refractivity contribution in [3.8, 4) is 11.5 Å². The zero-order valence-electron chi connectivity index (χ0n) is 9.79. The number of hydrogen-bond acceptors (Lipinski definition) is 5. The largest absolute Gasteiger partial charge is 0.454 e. The second kappa shape index (κ2) is 4.81. The molecule has 0 aliphatic carbocycles. The van der Waals surface area contributed by atoms with E-state index in [-0.39, 0.29) is 12.7 Å². The first-order chi connectivity index (χ1) is 9.33. The number of H-pyrrole nitrogens is 1. The van der Waals surface area contributed by atoms with Gasteiger partial charge < -0.3 is 9.47 Å². The van der Waals surface area contributed by atoms with Gasteiger partial charge in [-0.15, -0.1) is 0 Å². The minimum atomic E-state index is -0.352. The highest BCUT2D eigenvalue weighted by atomic mass is 16.7. The zero-order chi connectivity index (χ0) is 13.1. The third-order valence-corrected chi connectivity index (χ3v) is 2.52. The van der Waals surface area contributed by atoms with Crippen LogP contribution < -0.4 is 14.9 Å². The van der Waals surface area contributed by atoms with Crippen LogP contribution in [0.5, 0.6) is 11.5 Å². The van der Waals surface area contributed by atoms with Crippen LogP contribution in [0, 0.1) is 0 Å². The number of aromatic amines is 1. The molecule has 0 radical (unpaired) electrons. The Labute approximate surface area is 108 Å². The van der Waals surface area contributed by atoms with Gasteiger partial charge in [0.15, 0.2) is 11.5 Å². The lowest BCUT2D eigenvalue weighted by Gasteiger charge is -1.98. The van der Waals surface area contributed by atoms with Crippen molar-refractivity contribution in [3.05, 3.63) is 41.7 Å². The van der Waals surface area contributed by atoms with Crippen molar-refractivity contribution in [2.75, 3.05) is 6.79 Å². The van der Waals surface area contributed by atoms with E-state index in [1.807, 2.05) is 6.07 Å². The number of hydrogen-bond donors (Lipinski definition) is 2. The first-order valence-corrected chi connectivity index (χ1v) is 5.55. The minimum Gasteiger partial charge on any atom is -0.454 e. The average molecular weight is 258 g/mol. The Morgan fingerprint density at radius 1 is 1.37 bits per heavy atom. The summed E-state index contributed by atoms with van der Waals surface area (Å²) in [6, 6.07) is 6.96. The van der Waals surface area contributed by atoms with Crippen LogP contribution in [0.4, 0.5) is 0 Å². The molecule has 1 amide bonds. The van der Waals surface area contributed by atoms with Crippen LogP contribution in [0.15, 0.2) is 35.6 Å². The van der Waals surface area contributed by atoms with Gasteiger partial charge >= 0.3 is 0 Å². The molecule has 1 aromatic heterocycles. The van der Waals surface area contributed by atoms with Gasteiger partial charge in [-0.05, 0) is 29.8 Å². The number of ether oxygens (including phenoxy) is 2. The van der Waals surface area contributed by atoms with Crippen molar-refractivity contribution < 1.29 is 14.3 Å². The van der Waals surface area contributed by atoms with Gasteiger partial charge in [0.1, 0.15) is 5.69 Å². The maximum absolute atomic E-state index is 11.5. The van der Waals surface area contributed by atoms with Crippen molar-refractivity contribution in [1.82, 2.24) is 15.6 Å². The van der Waals surface area contributed by atoms with E-state index in [1.165, 1.54) is 12.4 Å². The summed E-state index contributed by atoms with van der Waals surface area (Å²) in [5.74, 6) is 1.02. The molecule has 0 bridgehead atoms. The van der Waals surface area contributed by atoms with Gasteiger partial charge in [-0.1, -0.05) is 0 Å². The maximum atomic E-state index is 11.5. The monoisotopic (exact) mass is 258 g/mol. The fourth-order valence-corrected chi connectivity index (χ4v) is 1.60. The summed E-state index contributed by atoms with van der Waals surface area (Å²) < 4.78 is 10.4. The highest BCUT2D eigenvalue weighted by molar-refractivity contribution is 5.93. The van der Waals surface area contributed by atoms with E-state index in [0.29, 0.717) is 17.2 Å². The van der Waals surface area contributed by atoms with Crippen molar-refractivity contribution in [2.45, 2.75) is 0 Å². The number of carbonyl (C=O) groups is 1. The van der Waals surface area contributed by atoms with E-state index >= 15 is 0 Å². The fraction of sp³-hybridized carbons (Fsp3) is 0.0833. The van der Waals surface area contributed by atoms with Crippen LogP contribution in [-0.4, -0.2) is 29.1 Å². The summed E-state index contributed by atoms with van der Waals surface area (Å²) in [6.45, 7) is 0.229. The lowest BCUT2D eigenvalue weighted by Crippen LogP contribution is -2.17. The van der Waals surface area contributed by atoms with E-state index in [0.717, 1.165) is 5.56 Å². The van der Waals surface area contributed by atoms with Crippen LogP contribution in [0.1, 0.15) is 16.1 Å². The van der Waals surface area contributed by atoms with Gasteiger partial charge in [0.05, 0.1) is 6.21 Å². The SMILES string of the molecule is O=C(N/N=C\c1ccc2c(c1)OCO2)c1ccn[nH]1. The number of hydrazone groups is 1. The Kier molecular flexibility index (Phi) is 2.85. The topological polar surface area (TPSA) is 88.6 Å². The van der Waals surface area contributed by atoms with Crippen LogP contribution in [0.3, 0.4) is 0 Å². The predicted octanol–water partition coefficient (Wildman–Crippen LogP) is 0.902. The molecule has 0 saturated carbocycles. The van der Waals surface area contributed by atoms with Crippen molar-refractivity contribution >= 4 is 12.1 Å².